The number of aromatic nitrogens is 2. The van der Waals surface area contributed by atoms with Crippen molar-refractivity contribution in [1.82, 2.24) is 9.78 Å². The highest BCUT2D eigenvalue weighted by molar-refractivity contribution is 7.98. The molecule has 138 valence electrons. The molecule has 4 nitrogen and oxygen atoms in total. The third-order valence-electron chi connectivity index (χ3n) is 4.42. The number of aryl methyl sites for hydroxylation is 1. The van der Waals surface area contributed by atoms with Gasteiger partial charge in [0.2, 0.25) is 0 Å². The van der Waals surface area contributed by atoms with E-state index in [-0.39, 0.29) is 5.78 Å². The van der Waals surface area contributed by atoms with Gasteiger partial charge >= 0.3 is 0 Å². The zero-order valence-electron chi connectivity index (χ0n) is 15.9. The summed E-state index contributed by atoms with van der Waals surface area (Å²) in [6, 6.07) is 15.5. The van der Waals surface area contributed by atoms with Crippen molar-refractivity contribution in [3.63, 3.8) is 0 Å². The van der Waals surface area contributed by atoms with Gasteiger partial charge in [0, 0.05) is 21.7 Å². The fraction of sp³-hybridized carbons (Fsp3) is 0.182. The second-order valence-corrected chi connectivity index (χ2v) is 6.95. The molecule has 2 aromatic carbocycles. The summed E-state index contributed by atoms with van der Waals surface area (Å²) in [6.45, 7) is 3.96. The van der Waals surface area contributed by atoms with Gasteiger partial charge in [-0.2, -0.15) is 5.10 Å². The first-order valence-electron chi connectivity index (χ1n) is 8.61. The molecule has 0 fully saturated rings. The fourth-order valence-electron chi connectivity index (χ4n) is 2.96. The smallest absolute Gasteiger partial charge is 0.185 e. The molecule has 5 heteroatoms. The quantitative estimate of drug-likeness (QED) is 0.339. The summed E-state index contributed by atoms with van der Waals surface area (Å²) in [7, 11) is 1.61. The number of nitrogens with zero attached hydrogens (tertiary/aromatic N) is 2. The number of allylic oxidation sites excluding steroid dienone is 1. The SMILES string of the molecule is COc1cc(C(=O)C=Cc2c(C)nn(-c3ccccc3)c2C)ccc1SC. The topological polar surface area (TPSA) is 44.1 Å². The first-order valence-corrected chi connectivity index (χ1v) is 9.83. The Bertz CT molecular complexity index is 991. The van der Waals surface area contributed by atoms with Gasteiger partial charge in [0.15, 0.2) is 5.78 Å². The minimum atomic E-state index is -0.0628. The Hall–Kier alpha value is -2.79. The van der Waals surface area contributed by atoms with Crippen molar-refractivity contribution in [2.45, 2.75) is 18.7 Å². The molecule has 1 heterocycles. The number of carbonyl (C=O) groups is 1. The Morgan fingerprint density at radius 2 is 1.89 bits per heavy atom. The van der Waals surface area contributed by atoms with Crippen LogP contribution in [-0.4, -0.2) is 28.9 Å². The van der Waals surface area contributed by atoms with E-state index in [2.05, 4.69) is 5.10 Å². The van der Waals surface area contributed by atoms with Crippen molar-refractivity contribution < 1.29 is 9.53 Å². The number of thioether (sulfide) groups is 1. The van der Waals surface area contributed by atoms with Crippen LogP contribution >= 0.6 is 11.8 Å². The summed E-state index contributed by atoms with van der Waals surface area (Å²) in [6.07, 6.45) is 5.42. The van der Waals surface area contributed by atoms with E-state index >= 15 is 0 Å². The number of rotatable bonds is 6. The second-order valence-electron chi connectivity index (χ2n) is 6.10. The molecule has 27 heavy (non-hydrogen) atoms. The van der Waals surface area contributed by atoms with Crippen LogP contribution in [0.15, 0.2) is 59.5 Å². The molecule has 0 unspecified atom stereocenters. The maximum Gasteiger partial charge on any atom is 0.185 e. The van der Waals surface area contributed by atoms with Crippen molar-refractivity contribution in [2.24, 2.45) is 0 Å². The highest BCUT2D eigenvalue weighted by atomic mass is 32.2. The standard InChI is InChI=1S/C22H22N2O2S/c1-15-19(16(2)24(23-15)18-8-6-5-7-9-18)11-12-20(25)17-10-13-22(27-4)21(14-17)26-3/h5-14H,1-4H3. The van der Waals surface area contributed by atoms with Crippen LogP contribution in [0.25, 0.3) is 11.8 Å². The number of ether oxygens (including phenoxy) is 1. The van der Waals surface area contributed by atoms with Crippen LogP contribution in [0.5, 0.6) is 5.75 Å². The summed E-state index contributed by atoms with van der Waals surface area (Å²) in [5, 5.41) is 4.61. The average Bonchev–Trinajstić information content (AvgIpc) is 2.99. The van der Waals surface area contributed by atoms with Crippen molar-refractivity contribution in [1.29, 1.82) is 0 Å². The molecule has 3 rings (SSSR count). The molecular formula is C22H22N2O2S. The maximum atomic E-state index is 12.6. The van der Waals surface area contributed by atoms with Crippen LogP contribution in [0.2, 0.25) is 0 Å². The van der Waals surface area contributed by atoms with Gasteiger partial charge in [-0.1, -0.05) is 18.2 Å². The van der Waals surface area contributed by atoms with Crippen molar-refractivity contribution in [3.8, 4) is 11.4 Å². The molecule has 0 N–H and O–H groups in total. The van der Waals surface area contributed by atoms with E-state index in [0.29, 0.717) is 11.3 Å². The van der Waals surface area contributed by atoms with Gasteiger partial charge in [0.1, 0.15) is 5.75 Å². The predicted molar refractivity (Wildman–Crippen MR) is 111 cm³/mol. The van der Waals surface area contributed by atoms with E-state index < -0.39 is 0 Å². The summed E-state index contributed by atoms with van der Waals surface area (Å²) < 4.78 is 7.27. The summed E-state index contributed by atoms with van der Waals surface area (Å²) in [5.74, 6) is 0.651. The Labute approximate surface area is 163 Å². The third-order valence-corrected chi connectivity index (χ3v) is 5.19. The lowest BCUT2D eigenvalue weighted by Gasteiger charge is -2.07. The Balaban J connectivity index is 1.88. The largest absolute Gasteiger partial charge is 0.496 e. The Morgan fingerprint density at radius 1 is 1.15 bits per heavy atom. The average molecular weight is 378 g/mol. The number of hydrogen-bond donors (Lipinski definition) is 0. The number of carbonyl (C=O) groups excluding carboxylic acids is 1. The zero-order valence-corrected chi connectivity index (χ0v) is 16.7. The molecule has 3 aromatic rings. The fourth-order valence-corrected chi connectivity index (χ4v) is 3.51. The lowest BCUT2D eigenvalue weighted by atomic mass is 10.1. The van der Waals surface area contributed by atoms with Gasteiger partial charge in [0.05, 0.1) is 18.5 Å². The number of hydrogen-bond acceptors (Lipinski definition) is 4. The molecule has 0 amide bonds. The Kier molecular flexibility index (Phi) is 5.81. The molecule has 0 atom stereocenters. The molecule has 0 saturated heterocycles. The predicted octanol–water partition coefficient (Wildman–Crippen LogP) is 5.12. The van der Waals surface area contributed by atoms with Gasteiger partial charge < -0.3 is 4.74 Å². The first kappa shape index (κ1) is 19.0. The van der Waals surface area contributed by atoms with Crippen LogP contribution in [0.4, 0.5) is 0 Å². The highest BCUT2D eigenvalue weighted by Gasteiger charge is 2.12. The first-order chi connectivity index (χ1) is 13.0. The Morgan fingerprint density at radius 3 is 2.56 bits per heavy atom. The molecule has 0 aliphatic carbocycles. The van der Waals surface area contributed by atoms with E-state index in [9.17, 15) is 4.79 Å². The molecule has 0 saturated carbocycles. The number of ketones is 1. The molecular weight excluding hydrogens is 356 g/mol. The van der Waals surface area contributed by atoms with E-state index in [1.807, 2.05) is 73.3 Å². The van der Waals surface area contributed by atoms with E-state index in [4.69, 9.17) is 4.74 Å². The van der Waals surface area contributed by atoms with Crippen LogP contribution < -0.4 is 4.74 Å². The van der Waals surface area contributed by atoms with Crippen LogP contribution in [0.1, 0.15) is 27.3 Å². The maximum absolute atomic E-state index is 12.6. The summed E-state index contributed by atoms with van der Waals surface area (Å²) in [5.41, 5.74) is 4.45. The van der Waals surface area contributed by atoms with Crippen molar-refractivity contribution in [2.75, 3.05) is 13.4 Å². The van der Waals surface area contributed by atoms with Crippen molar-refractivity contribution in [3.05, 3.63) is 77.1 Å². The van der Waals surface area contributed by atoms with Crippen molar-refractivity contribution >= 4 is 23.6 Å². The molecule has 0 radical (unpaired) electrons. The monoisotopic (exact) mass is 378 g/mol. The van der Waals surface area contributed by atoms with Gasteiger partial charge in [-0.15, -0.1) is 11.8 Å². The summed E-state index contributed by atoms with van der Waals surface area (Å²) >= 11 is 1.59. The molecule has 0 spiro atoms. The van der Waals surface area contributed by atoms with Gasteiger partial charge in [0.25, 0.3) is 0 Å². The number of para-hydroxylation sites is 1. The minimum Gasteiger partial charge on any atom is -0.496 e. The molecule has 0 aliphatic rings. The lowest BCUT2D eigenvalue weighted by Crippen LogP contribution is -1.98. The van der Waals surface area contributed by atoms with E-state index in [1.54, 1.807) is 31.0 Å². The van der Waals surface area contributed by atoms with Gasteiger partial charge in [-0.3, -0.25) is 4.79 Å². The molecule has 0 bridgehead atoms. The summed E-state index contributed by atoms with van der Waals surface area (Å²) in [4.78, 5) is 13.6. The minimum absolute atomic E-state index is 0.0628. The van der Waals surface area contributed by atoms with E-state index in [1.165, 1.54) is 0 Å². The van der Waals surface area contributed by atoms with Crippen LogP contribution in [0, 0.1) is 13.8 Å². The van der Waals surface area contributed by atoms with Gasteiger partial charge in [-0.05, 0) is 62.6 Å². The number of benzene rings is 2. The van der Waals surface area contributed by atoms with Crippen LogP contribution in [0.3, 0.4) is 0 Å². The third kappa shape index (κ3) is 3.98. The normalized spacial score (nSPS) is 11.1. The highest BCUT2D eigenvalue weighted by Crippen LogP contribution is 2.28. The molecule has 1 aromatic heterocycles. The van der Waals surface area contributed by atoms with Gasteiger partial charge in [-0.25, -0.2) is 4.68 Å². The number of methoxy groups -OCH3 is 1. The zero-order chi connectivity index (χ0) is 19.4. The van der Waals surface area contributed by atoms with Crippen LogP contribution in [-0.2, 0) is 0 Å². The molecule has 0 aliphatic heterocycles. The van der Waals surface area contributed by atoms with E-state index in [0.717, 1.165) is 27.5 Å². The second kappa shape index (κ2) is 8.27. The lowest BCUT2D eigenvalue weighted by molar-refractivity contribution is 0.104.